The first-order chi connectivity index (χ1) is 3.66. The summed E-state index contributed by atoms with van der Waals surface area (Å²) in [5, 5.41) is 9.59. The lowest BCUT2D eigenvalue weighted by Crippen LogP contribution is -2.55. The first kappa shape index (κ1) is 7.36. The summed E-state index contributed by atoms with van der Waals surface area (Å²) in [5.41, 5.74) is 3.17. The van der Waals surface area contributed by atoms with E-state index in [0.717, 1.165) is 0 Å². The molecule has 0 saturated heterocycles. The number of rotatable bonds is 3. The van der Waals surface area contributed by atoms with Gasteiger partial charge in [0.05, 0.1) is 0 Å². The molecule has 0 aliphatic carbocycles. The fourth-order valence-electron chi connectivity index (χ4n) is 0.283. The predicted molar refractivity (Wildman–Crippen MR) is 22.3 cm³/mol. The molecular weight excluding hydrogens is 113 g/mol. The third kappa shape index (κ3) is 3.55. The molecule has 48 valence electrons. The molecule has 3 N–H and O–H groups in total. The standard InChI is InChI=1S/C4H8FNO2/c5-3(2-6)1-4(7)8/h3H,1-2,6H2,(H,7,8)/t3-/m0/s1. The monoisotopic (exact) mass is 121 g/mol. The van der Waals surface area contributed by atoms with E-state index in [1.165, 1.54) is 0 Å². The zero-order chi connectivity index (χ0) is 6.57. The highest BCUT2D eigenvalue weighted by Crippen LogP contribution is 1.90. The fourth-order valence-corrected chi connectivity index (χ4v) is 0.283. The molecular formula is C4H8FNO2. The Bertz CT molecular complexity index is 86.1. The van der Waals surface area contributed by atoms with Crippen LogP contribution in [-0.2, 0) is 4.79 Å². The second-order valence-corrected chi connectivity index (χ2v) is 1.46. The number of halogens is 1. The van der Waals surface area contributed by atoms with Gasteiger partial charge < -0.3 is 15.6 Å². The smallest absolute Gasteiger partial charge is 0.154 e. The summed E-state index contributed by atoms with van der Waals surface area (Å²) in [5.74, 6) is -1.36. The average molecular weight is 121 g/mol. The van der Waals surface area contributed by atoms with Crippen molar-refractivity contribution in [3.05, 3.63) is 0 Å². The number of carbonyl (C=O) groups excluding carboxylic acids is 1. The van der Waals surface area contributed by atoms with E-state index in [-0.39, 0.29) is 6.54 Å². The van der Waals surface area contributed by atoms with Crippen molar-refractivity contribution in [3.63, 3.8) is 0 Å². The quantitative estimate of drug-likeness (QED) is 0.456. The van der Waals surface area contributed by atoms with Crippen LogP contribution in [0.3, 0.4) is 0 Å². The van der Waals surface area contributed by atoms with Gasteiger partial charge in [-0.05, 0) is 0 Å². The summed E-state index contributed by atoms with van der Waals surface area (Å²) in [6, 6.07) is 0. The third-order valence-corrected chi connectivity index (χ3v) is 0.701. The van der Waals surface area contributed by atoms with Gasteiger partial charge in [-0.25, -0.2) is 4.39 Å². The van der Waals surface area contributed by atoms with Crippen LogP contribution in [0.1, 0.15) is 6.42 Å². The van der Waals surface area contributed by atoms with Crippen LogP contribution in [0, 0.1) is 0 Å². The van der Waals surface area contributed by atoms with Gasteiger partial charge in [0.25, 0.3) is 0 Å². The van der Waals surface area contributed by atoms with Gasteiger partial charge in [-0.15, -0.1) is 0 Å². The van der Waals surface area contributed by atoms with Gasteiger partial charge in [-0.2, -0.15) is 0 Å². The van der Waals surface area contributed by atoms with E-state index < -0.39 is 18.6 Å². The van der Waals surface area contributed by atoms with E-state index in [2.05, 4.69) is 5.73 Å². The van der Waals surface area contributed by atoms with Crippen LogP contribution in [0.4, 0.5) is 4.39 Å². The van der Waals surface area contributed by atoms with Crippen LogP contribution in [0.5, 0.6) is 0 Å². The van der Waals surface area contributed by atoms with Crippen molar-refractivity contribution in [1.82, 2.24) is 0 Å². The first-order valence-electron chi connectivity index (χ1n) is 2.30. The van der Waals surface area contributed by atoms with Gasteiger partial charge in [-0.3, -0.25) is 0 Å². The second kappa shape index (κ2) is 3.37. The van der Waals surface area contributed by atoms with Crippen molar-refractivity contribution < 1.29 is 20.0 Å². The van der Waals surface area contributed by atoms with Gasteiger partial charge >= 0.3 is 0 Å². The number of quaternary nitrogens is 1. The summed E-state index contributed by atoms with van der Waals surface area (Å²) in [4.78, 5) is 9.59. The molecule has 0 aromatic rings. The molecule has 0 aromatic carbocycles. The number of carboxylic acid groups (broad SMARTS) is 1. The molecule has 0 rings (SSSR count). The Hall–Kier alpha value is -0.640. The SMILES string of the molecule is [NH3+]C[C@@H](F)CC(=O)[O-]. The molecule has 0 heterocycles. The molecule has 0 bridgehead atoms. The zero-order valence-electron chi connectivity index (χ0n) is 4.39. The highest BCUT2D eigenvalue weighted by atomic mass is 19.1. The molecule has 1 atom stereocenters. The molecule has 8 heavy (non-hydrogen) atoms. The van der Waals surface area contributed by atoms with E-state index >= 15 is 0 Å². The van der Waals surface area contributed by atoms with Crippen molar-refractivity contribution in [2.45, 2.75) is 12.6 Å². The number of aliphatic carboxylic acids is 1. The van der Waals surface area contributed by atoms with Crippen molar-refractivity contribution in [2.24, 2.45) is 0 Å². The Morgan fingerprint density at radius 1 is 1.88 bits per heavy atom. The lowest BCUT2D eigenvalue weighted by atomic mass is 10.3. The summed E-state index contributed by atoms with van der Waals surface area (Å²) >= 11 is 0. The summed E-state index contributed by atoms with van der Waals surface area (Å²) in [6.45, 7) is -0.00597. The number of hydrogen-bond acceptors (Lipinski definition) is 2. The number of carboxylic acids is 1. The van der Waals surface area contributed by atoms with Crippen molar-refractivity contribution in [1.29, 1.82) is 0 Å². The Balaban J connectivity index is 3.24. The minimum atomic E-state index is -1.36. The molecule has 0 spiro atoms. The minimum Gasteiger partial charge on any atom is -0.550 e. The van der Waals surface area contributed by atoms with Crippen molar-refractivity contribution in [2.75, 3.05) is 6.54 Å². The Morgan fingerprint density at radius 2 is 2.38 bits per heavy atom. The van der Waals surface area contributed by atoms with Crippen LogP contribution in [0.25, 0.3) is 0 Å². The van der Waals surface area contributed by atoms with E-state index in [9.17, 15) is 14.3 Å². The molecule has 0 aliphatic heterocycles. The lowest BCUT2D eigenvalue weighted by molar-refractivity contribution is -0.380. The maximum atomic E-state index is 11.9. The van der Waals surface area contributed by atoms with Gasteiger partial charge in [-0.1, -0.05) is 0 Å². The van der Waals surface area contributed by atoms with Gasteiger partial charge in [0.1, 0.15) is 6.54 Å². The normalized spacial score (nSPS) is 13.2. The number of alkyl halides is 1. The number of carbonyl (C=O) groups is 1. The third-order valence-electron chi connectivity index (χ3n) is 0.701. The highest BCUT2D eigenvalue weighted by Gasteiger charge is 2.03. The fraction of sp³-hybridized carbons (Fsp3) is 0.750. The van der Waals surface area contributed by atoms with Gasteiger partial charge in [0.15, 0.2) is 6.17 Å². The first-order valence-corrected chi connectivity index (χ1v) is 2.30. The predicted octanol–water partition coefficient (Wildman–Crippen LogP) is -2.29. The van der Waals surface area contributed by atoms with E-state index in [1.807, 2.05) is 0 Å². The number of hydrogen-bond donors (Lipinski definition) is 1. The summed E-state index contributed by atoms with van der Waals surface area (Å²) in [6.07, 6.45) is -1.89. The molecule has 0 unspecified atom stereocenters. The maximum Gasteiger partial charge on any atom is 0.154 e. The molecule has 0 aliphatic rings. The van der Waals surface area contributed by atoms with E-state index in [4.69, 9.17) is 0 Å². The van der Waals surface area contributed by atoms with E-state index in [1.54, 1.807) is 0 Å². The zero-order valence-corrected chi connectivity index (χ0v) is 4.39. The van der Waals surface area contributed by atoms with Gasteiger partial charge in [0, 0.05) is 12.4 Å². The van der Waals surface area contributed by atoms with Gasteiger partial charge in [0.2, 0.25) is 0 Å². The van der Waals surface area contributed by atoms with Crippen LogP contribution >= 0.6 is 0 Å². The Labute approximate surface area is 46.3 Å². The van der Waals surface area contributed by atoms with Crippen molar-refractivity contribution in [3.8, 4) is 0 Å². The second-order valence-electron chi connectivity index (χ2n) is 1.46. The highest BCUT2D eigenvalue weighted by molar-refractivity contribution is 5.64. The molecule has 0 amide bonds. The molecule has 0 fully saturated rings. The maximum absolute atomic E-state index is 11.9. The Kier molecular flexibility index (Phi) is 3.10. The largest absolute Gasteiger partial charge is 0.550 e. The van der Waals surface area contributed by atoms with E-state index in [0.29, 0.717) is 0 Å². The summed E-state index contributed by atoms with van der Waals surface area (Å²) in [7, 11) is 0. The van der Waals surface area contributed by atoms with Crippen LogP contribution in [0.15, 0.2) is 0 Å². The molecule has 0 saturated carbocycles. The average Bonchev–Trinajstić information content (AvgIpc) is 1.65. The topological polar surface area (TPSA) is 67.8 Å². The van der Waals surface area contributed by atoms with Crippen LogP contribution in [-0.4, -0.2) is 18.7 Å². The van der Waals surface area contributed by atoms with Crippen LogP contribution < -0.4 is 10.8 Å². The lowest BCUT2D eigenvalue weighted by Gasteiger charge is -2.01. The van der Waals surface area contributed by atoms with Crippen LogP contribution in [0.2, 0.25) is 0 Å². The molecule has 0 radical (unpaired) electrons. The minimum absolute atomic E-state index is 0.00597. The molecule has 0 aromatic heterocycles. The molecule has 4 heteroatoms. The van der Waals surface area contributed by atoms with Crippen molar-refractivity contribution >= 4 is 5.97 Å². The summed E-state index contributed by atoms with van der Waals surface area (Å²) < 4.78 is 11.9. The molecule has 3 nitrogen and oxygen atoms in total. The Morgan fingerprint density at radius 3 is 2.50 bits per heavy atom.